The fraction of sp³-hybridized carbons (Fsp3) is 0.512. The van der Waals surface area contributed by atoms with E-state index < -0.39 is 35.5 Å². The highest BCUT2D eigenvalue weighted by molar-refractivity contribution is 5.99. The Hall–Kier alpha value is -4.70. The Morgan fingerprint density at radius 3 is 1.69 bits per heavy atom. The maximum absolute atomic E-state index is 13.7. The number of aryl methyl sites for hydroxylation is 1. The van der Waals surface area contributed by atoms with Crippen LogP contribution in [0.5, 0.6) is 0 Å². The van der Waals surface area contributed by atoms with Gasteiger partial charge in [0.05, 0.1) is 0 Å². The third-order valence-corrected chi connectivity index (χ3v) is 9.68. The minimum atomic E-state index is -1.06. The maximum Gasteiger partial charge on any atom is 0.299 e. The molecular weight excluding hydrogens is 650 g/mol. The average Bonchev–Trinajstić information content (AvgIpc) is 3.06. The quantitative estimate of drug-likeness (QED) is 0.351. The predicted octanol–water partition coefficient (Wildman–Crippen LogP) is 5.21. The van der Waals surface area contributed by atoms with Gasteiger partial charge in [0.25, 0.3) is 11.8 Å². The summed E-state index contributed by atoms with van der Waals surface area (Å²) in [6.45, 7) is 14.7. The topological polar surface area (TPSA) is 98.8 Å². The fourth-order valence-electron chi connectivity index (χ4n) is 6.77. The minimum Gasteiger partial charge on any atom is -0.350 e. The third-order valence-electron chi connectivity index (χ3n) is 9.68. The summed E-state index contributed by atoms with van der Waals surface area (Å²) in [7, 11) is 0. The fourth-order valence-corrected chi connectivity index (χ4v) is 6.77. The first-order valence-corrected chi connectivity index (χ1v) is 17.9. The number of benzene rings is 2. The maximum atomic E-state index is 13.7. The smallest absolute Gasteiger partial charge is 0.299 e. The molecule has 0 bridgehead atoms. The zero-order valence-electron chi connectivity index (χ0n) is 30.7. The first-order valence-electron chi connectivity index (χ1n) is 17.9. The summed E-state index contributed by atoms with van der Waals surface area (Å²) in [6.07, 6.45) is 2.10. The summed E-state index contributed by atoms with van der Waals surface area (Å²) in [5, 5.41) is 6.22. The Kier molecular flexibility index (Phi) is 13.4. The van der Waals surface area contributed by atoms with E-state index in [9.17, 15) is 28.0 Å². The van der Waals surface area contributed by atoms with E-state index in [1.165, 1.54) is 11.0 Å². The summed E-state index contributed by atoms with van der Waals surface area (Å²) in [4.78, 5) is 56.9. The second-order valence-electron chi connectivity index (χ2n) is 15.0. The first kappa shape index (κ1) is 39.1. The average molecular weight is 701 g/mol. The Bertz CT molecular complexity index is 1720. The predicted molar refractivity (Wildman–Crippen MR) is 193 cm³/mol. The number of halogens is 2. The second kappa shape index (κ2) is 17.5. The van der Waals surface area contributed by atoms with E-state index >= 15 is 0 Å². The van der Waals surface area contributed by atoms with Crippen LogP contribution in [0.15, 0.2) is 42.5 Å². The summed E-state index contributed by atoms with van der Waals surface area (Å²) in [6, 6.07) is 8.81. The van der Waals surface area contributed by atoms with Crippen LogP contribution in [0.3, 0.4) is 0 Å². The van der Waals surface area contributed by atoms with Crippen molar-refractivity contribution in [2.45, 2.75) is 98.3 Å². The van der Waals surface area contributed by atoms with Crippen molar-refractivity contribution < 1.29 is 28.0 Å². The third kappa shape index (κ3) is 10.9. The molecule has 2 heterocycles. The number of piperazine rings is 2. The molecule has 2 fully saturated rings. The molecule has 2 aliphatic rings. The Morgan fingerprint density at radius 2 is 1.16 bits per heavy atom. The number of nitrogens with one attached hydrogen (secondary N) is 2. The van der Waals surface area contributed by atoms with E-state index in [0.29, 0.717) is 31.7 Å². The van der Waals surface area contributed by atoms with Gasteiger partial charge in [-0.1, -0.05) is 71.1 Å². The van der Waals surface area contributed by atoms with Gasteiger partial charge in [0.15, 0.2) is 11.6 Å². The molecule has 4 rings (SSSR count). The van der Waals surface area contributed by atoms with E-state index in [-0.39, 0.29) is 53.8 Å². The van der Waals surface area contributed by atoms with Crippen molar-refractivity contribution in [3.63, 3.8) is 0 Å². The Balaban J connectivity index is 1.48. The molecule has 6 atom stereocenters. The van der Waals surface area contributed by atoms with Crippen LogP contribution in [0.4, 0.5) is 8.78 Å². The molecule has 2 N–H and O–H groups in total. The molecule has 2 saturated heterocycles. The number of hydrogen-bond donors (Lipinski definition) is 2. The molecule has 0 aliphatic carbocycles. The first-order chi connectivity index (χ1) is 24.1. The zero-order valence-corrected chi connectivity index (χ0v) is 30.7. The number of carbonyl (C=O) groups excluding carboxylic acids is 4. The zero-order chi connectivity index (χ0) is 37.4. The van der Waals surface area contributed by atoms with Crippen molar-refractivity contribution in [3.05, 3.63) is 70.8 Å². The molecule has 4 amide bonds. The molecule has 2 aromatic rings. The lowest BCUT2D eigenvalue weighted by Crippen LogP contribution is -2.62. The number of rotatable bonds is 9. The highest BCUT2D eigenvalue weighted by Gasteiger charge is 2.40. The van der Waals surface area contributed by atoms with Crippen LogP contribution in [0.25, 0.3) is 0 Å². The minimum absolute atomic E-state index is 0.000965. The Labute approximate surface area is 301 Å². The molecular formula is C41H50F2N4O4. The highest BCUT2D eigenvalue weighted by atomic mass is 19.2. The largest absolute Gasteiger partial charge is 0.350 e. The van der Waals surface area contributed by atoms with Crippen LogP contribution in [0.1, 0.15) is 83.9 Å². The van der Waals surface area contributed by atoms with Crippen molar-refractivity contribution in [2.24, 2.45) is 23.7 Å². The highest BCUT2D eigenvalue weighted by Crippen LogP contribution is 2.28. The molecule has 10 heteroatoms. The van der Waals surface area contributed by atoms with Crippen molar-refractivity contribution >= 4 is 23.6 Å². The van der Waals surface area contributed by atoms with E-state index in [2.05, 4.69) is 48.2 Å². The molecule has 0 saturated carbocycles. The van der Waals surface area contributed by atoms with E-state index in [1.54, 1.807) is 4.90 Å². The normalized spacial score (nSPS) is 21.5. The van der Waals surface area contributed by atoms with Crippen molar-refractivity contribution in [2.75, 3.05) is 13.1 Å². The molecule has 0 aromatic heterocycles. The lowest BCUT2D eigenvalue weighted by Gasteiger charge is -2.42. The lowest BCUT2D eigenvalue weighted by atomic mass is 9.83. The lowest BCUT2D eigenvalue weighted by molar-refractivity contribution is -0.142. The summed E-state index contributed by atoms with van der Waals surface area (Å²) in [5.74, 6) is 7.79. The standard InChI is InChI=1S/C41H50F2N4O4/c1-25(2)18-32-23-47(38(48)16-13-30-10-8-27(5)9-11-30)37(41(51)44-32)21-29(7)28(6)20-33-24-46(36(19-26(3)4)40(50)45-33)39(49)17-14-31-12-15-34(42)35(43)22-31/h8-12,15,22,25-26,28-29,32-33,36-37H,18-21,23-24H2,1-7H3,(H,44,51)(H,45,50)/t28?,29?,32-,33-,36-,37-/m0/s1. The van der Waals surface area contributed by atoms with Crippen LogP contribution in [0, 0.1) is 65.9 Å². The second-order valence-corrected chi connectivity index (χ2v) is 15.0. The number of hydrogen-bond acceptors (Lipinski definition) is 4. The molecule has 2 aliphatic heterocycles. The van der Waals surface area contributed by atoms with Gasteiger partial charge in [-0.05, 0) is 86.6 Å². The van der Waals surface area contributed by atoms with Gasteiger partial charge in [0, 0.05) is 48.1 Å². The van der Waals surface area contributed by atoms with Gasteiger partial charge in [-0.3, -0.25) is 19.2 Å². The Morgan fingerprint density at radius 1 is 0.686 bits per heavy atom. The SMILES string of the molecule is Cc1ccc(C#CC(=O)N2C[C@H](CC(C)C)NC(=O)[C@@H]2CC(C)C(C)C[C@H]2CN(C(=O)C#Cc3ccc(F)c(F)c3)[C@@H](CC(C)C)C(=O)N2)cc1. The van der Waals surface area contributed by atoms with Crippen molar-refractivity contribution in [1.29, 1.82) is 0 Å². The van der Waals surface area contributed by atoms with E-state index in [4.69, 9.17) is 0 Å². The van der Waals surface area contributed by atoms with Gasteiger partial charge in [-0.15, -0.1) is 0 Å². The number of carbonyl (C=O) groups is 4. The van der Waals surface area contributed by atoms with E-state index in [0.717, 1.165) is 29.7 Å². The van der Waals surface area contributed by atoms with E-state index in [1.807, 2.05) is 58.9 Å². The van der Waals surface area contributed by atoms with Crippen LogP contribution in [-0.4, -0.2) is 70.7 Å². The number of nitrogens with zero attached hydrogens (tertiary/aromatic N) is 2. The molecule has 51 heavy (non-hydrogen) atoms. The molecule has 0 spiro atoms. The van der Waals surface area contributed by atoms with Crippen LogP contribution < -0.4 is 10.6 Å². The van der Waals surface area contributed by atoms with Gasteiger partial charge >= 0.3 is 0 Å². The van der Waals surface area contributed by atoms with Gasteiger partial charge in [0.2, 0.25) is 11.8 Å². The van der Waals surface area contributed by atoms with Gasteiger partial charge < -0.3 is 20.4 Å². The van der Waals surface area contributed by atoms with Crippen LogP contribution >= 0.6 is 0 Å². The number of amides is 4. The van der Waals surface area contributed by atoms with Crippen LogP contribution in [-0.2, 0) is 19.2 Å². The van der Waals surface area contributed by atoms with Crippen LogP contribution in [0.2, 0.25) is 0 Å². The summed E-state index contributed by atoms with van der Waals surface area (Å²) in [5.41, 5.74) is 1.97. The van der Waals surface area contributed by atoms with Crippen molar-refractivity contribution in [1.82, 2.24) is 20.4 Å². The molecule has 272 valence electrons. The van der Waals surface area contributed by atoms with Crippen molar-refractivity contribution in [3.8, 4) is 23.7 Å². The van der Waals surface area contributed by atoms with Gasteiger partial charge in [-0.2, -0.15) is 0 Å². The monoisotopic (exact) mass is 700 g/mol. The molecule has 8 nitrogen and oxygen atoms in total. The molecule has 2 aromatic carbocycles. The molecule has 2 unspecified atom stereocenters. The molecule has 0 radical (unpaired) electrons. The summed E-state index contributed by atoms with van der Waals surface area (Å²) < 4.78 is 27.1. The van der Waals surface area contributed by atoms with Gasteiger partial charge in [-0.25, -0.2) is 8.78 Å². The summed E-state index contributed by atoms with van der Waals surface area (Å²) >= 11 is 0. The van der Waals surface area contributed by atoms with Gasteiger partial charge in [0.1, 0.15) is 12.1 Å².